The first-order valence-corrected chi connectivity index (χ1v) is 4.78. The second kappa shape index (κ2) is 4.89. The number of halogens is 1. The number of anilines is 1. The van der Waals surface area contributed by atoms with Crippen LogP contribution in [-0.2, 0) is 4.74 Å². The minimum absolute atomic E-state index is 0.294. The Morgan fingerprint density at radius 2 is 2.20 bits per heavy atom. The highest BCUT2D eigenvalue weighted by Gasteiger charge is 2.12. The van der Waals surface area contributed by atoms with Crippen molar-refractivity contribution in [3.63, 3.8) is 0 Å². The zero-order valence-corrected chi connectivity index (χ0v) is 9.30. The fraction of sp³-hybridized carbons (Fsp3) is 0.300. The van der Waals surface area contributed by atoms with Crippen LogP contribution in [0.5, 0.6) is 5.75 Å². The van der Waals surface area contributed by atoms with Crippen molar-refractivity contribution < 1.29 is 14.3 Å². The Balaban J connectivity index is 3.16. The molecule has 0 aromatic heterocycles. The molecule has 4 nitrogen and oxygen atoms in total. The molecule has 0 saturated heterocycles. The zero-order chi connectivity index (χ0) is 11.4. The van der Waals surface area contributed by atoms with Crippen LogP contribution >= 0.6 is 11.6 Å². The summed E-state index contributed by atoms with van der Waals surface area (Å²) < 4.78 is 9.80. The molecule has 0 radical (unpaired) electrons. The highest BCUT2D eigenvalue weighted by Crippen LogP contribution is 2.32. The summed E-state index contributed by atoms with van der Waals surface area (Å²) in [7, 11) is 1.30. The van der Waals surface area contributed by atoms with Crippen LogP contribution in [0.25, 0.3) is 0 Å². The highest BCUT2D eigenvalue weighted by atomic mass is 35.5. The van der Waals surface area contributed by atoms with E-state index in [1.54, 1.807) is 0 Å². The van der Waals surface area contributed by atoms with E-state index in [1.807, 2.05) is 6.92 Å². The van der Waals surface area contributed by atoms with Gasteiger partial charge in [0.2, 0.25) is 0 Å². The van der Waals surface area contributed by atoms with Crippen LogP contribution in [-0.4, -0.2) is 19.7 Å². The third-order valence-corrected chi connectivity index (χ3v) is 2.19. The van der Waals surface area contributed by atoms with Crippen LogP contribution in [0.15, 0.2) is 12.1 Å². The van der Waals surface area contributed by atoms with Crippen LogP contribution in [0.1, 0.15) is 17.3 Å². The van der Waals surface area contributed by atoms with E-state index in [4.69, 9.17) is 22.1 Å². The van der Waals surface area contributed by atoms with Gasteiger partial charge in [-0.1, -0.05) is 11.6 Å². The maximum atomic E-state index is 11.3. The number of esters is 1. The van der Waals surface area contributed by atoms with Crippen LogP contribution in [0, 0.1) is 0 Å². The number of carbonyl (C=O) groups is 1. The standard InChI is InChI=1S/C10H12ClNO3/c1-3-15-8-5-6(10(13)14-2)4-7(12)9(8)11/h4-5H,3,12H2,1-2H3. The molecule has 0 heterocycles. The van der Waals surface area contributed by atoms with Gasteiger partial charge in [0.15, 0.2) is 0 Å². The lowest BCUT2D eigenvalue weighted by Crippen LogP contribution is -2.04. The second-order valence-corrected chi connectivity index (χ2v) is 3.18. The molecule has 1 rings (SSSR count). The fourth-order valence-corrected chi connectivity index (χ4v) is 1.28. The summed E-state index contributed by atoms with van der Waals surface area (Å²) in [4.78, 5) is 11.3. The predicted octanol–water partition coefficient (Wildman–Crippen LogP) is 2.11. The first-order chi connectivity index (χ1) is 7.10. The van der Waals surface area contributed by atoms with Crippen LogP contribution in [0.2, 0.25) is 5.02 Å². The second-order valence-electron chi connectivity index (χ2n) is 2.80. The number of nitrogen functional groups attached to an aromatic ring is 1. The molecule has 5 heteroatoms. The van der Waals surface area contributed by atoms with Gasteiger partial charge < -0.3 is 15.2 Å². The molecule has 15 heavy (non-hydrogen) atoms. The SMILES string of the molecule is CCOc1cc(C(=O)OC)cc(N)c1Cl. The molecule has 0 spiro atoms. The van der Waals surface area contributed by atoms with Gasteiger partial charge in [0.25, 0.3) is 0 Å². The van der Waals surface area contributed by atoms with Gasteiger partial charge in [0.05, 0.1) is 25.0 Å². The lowest BCUT2D eigenvalue weighted by atomic mass is 10.2. The van der Waals surface area contributed by atoms with Crippen molar-refractivity contribution in [3.8, 4) is 5.75 Å². The Bertz CT molecular complexity index is 379. The highest BCUT2D eigenvalue weighted by molar-refractivity contribution is 6.34. The number of rotatable bonds is 3. The molecule has 2 N–H and O–H groups in total. The van der Waals surface area contributed by atoms with Gasteiger partial charge in [-0.2, -0.15) is 0 Å². The first kappa shape index (κ1) is 11.7. The minimum Gasteiger partial charge on any atom is -0.492 e. The molecular formula is C10H12ClNO3. The Kier molecular flexibility index (Phi) is 3.80. The van der Waals surface area contributed by atoms with Crippen LogP contribution in [0.3, 0.4) is 0 Å². The summed E-state index contributed by atoms with van der Waals surface area (Å²) in [5, 5.41) is 0.310. The van der Waals surface area contributed by atoms with E-state index in [2.05, 4.69) is 4.74 Å². The quantitative estimate of drug-likeness (QED) is 0.637. The minimum atomic E-state index is -0.473. The molecule has 0 saturated carbocycles. The third-order valence-electron chi connectivity index (χ3n) is 1.79. The summed E-state index contributed by atoms with van der Waals surface area (Å²) in [6, 6.07) is 2.96. The third kappa shape index (κ3) is 2.53. The topological polar surface area (TPSA) is 61.5 Å². The van der Waals surface area contributed by atoms with E-state index in [-0.39, 0.29) is 0 Å². The van der Waals surface area contributed by atoms with E-state index in [1.165, 1.54) is 19.2 Å². The van der Waals surface area contributed by atoms with Gasteiger partial charge in [-0.3, -0.25) is 0 Å². The molecule has 0 aliphatic heterocycles. The lowest BCUT2D eigenvalue weighted by Gasteiger charge is -2.09. The molecule has 0 atom stereocenters. The molecule has 1 aromatic carbocycles. The summed E-state index contributed by atoms with van der Waals surface area (Å²) >= 11 is 5.89. The average molecular weight is 230 g/mol. The van der Waals surface area contributed by atoms with Crippen molar-refractivity contribution in [1.82, 2.24) is 0 Å². The molecule has 0 bridgehead atoms. The van der Waals surface area contributed by atoms with Crippen molar-refractivity contribution in [2.75, 3.05) is 19.5 Å². The molecule has 82 valence electrons. The van der Waals surface area contributed by atoms with Gasteiger partial charge in [-0.25, -0.2) is 4.79 Å². The summed E-state index contributed by atoms with van der Waals surface area (Å²) in [6.07, 6.45) is 0. The Hall–Kier alpha value is -1.42. The van der Waals surface area contributed by atoms with Crippen molar-refractivity contribution in [1.29, 1.82) is 0 Å². The Morgan fingerprint density at radius 1 is 1.53 bits per heavy atom. The predicted molar refractivity (Wildman–Crippen MR) is 58.4 cm³/mol. The number of methoxy groups -OCH3 is 1. The zero-order valence-electron chi connectivity index (χ0n) is 8.54. The van der Waals surface area contributed by atoms with Crippen molar-refractivity contribution in [2.24, 2.45) is 0 Å². The molecule has 0 aliphatic rings. The molecule has 0 unspecified atom stereocenters. The van der Waals surface area contributed by atoms with Crippen LogP contribution < -0.4 is 10.5 Å². The maximum Gasteiger partial charge on any atom is 0.338 e. The Labute approximate surface area is 92.9 Å². The molecular weight excluding hydrogens is 218 g/mol. The average Bonchev–Trinajstić information content (AvgIpc) is 2.23. The van der Waals surface area contributed by atoms with Gasteiger partial charge in [-0.15, -0.1) is 0 Å². The molecule has 0 fully saturated rings. The van der Waals surface area contributed by atoms with E-state index in [9.17, 15) is 4.79 Å². The van der Waals surface area contributed by atoms with E-state index < -0.39 is 5.97 Å². The first-order valence-electron chi connectivity index (χ1n) is 4.40. The fourth-order valence-electron chi connectivity index (χ4n) is 1.12. The molecule has 0 aliphatic carbocycles. The van der Waals surface area contributed by atoms with Gasteiger partial charge >= 0.3 is 5.97 Å². The van der Waals surface area contributed by atoms with Gasteiger partial charge in [0.1, 0.15) is 10.8 Å². The van der Waals surface area contributed by atoms with Crippen molar-refractivity contribution >= 4 is 23.3 Å². The monoisotopic (exact) mass is 229 g/mol. The van der Waals surface area contributed by atoms with E-state index in [0.29, 0.717) is 28.6 Å². The van der Waals surface area contributed by atoms with Crippen molar-refractivity contribution in [3.05, 3.63) is 22.7 Å². The number of nitrogens with two attached hydrogens (primary N) is 1. The van der Waals surface area contributed by atoms with Crippen molar-refractivity contribution in [2.45, 2.75) is 6.92 Å². The normalized spacial score (nSPS) is 9.80. The molecule has 1 aromatic rings. The lowest BCUT2D eigenvalue weighted by molar-refractivity contribution is 0.0600. The van der Waals surface area contributed by atoms with Crippen LogP contribution in [0.4, 0.5) is 5.69 Å². The smallest absolute Gasteiger partial charge is 0.338 e. The number of hydrogen-bond donors (Lipinski definition) is 1. The summed E-state index contributed by atoms with van der Waals surface area (Å²) in [5.41, 5.74) is 6.24. The van der Waals surface area contributed by atoms with Gasteiger partial charge in [0, 0.05) is 0 Å². The van der Waals surface area contributed by atoms with E-state index in [0.717, 1.165) is 0 Å². The number of ether oxygens (including phenoxy) is 2. The summed E-state index contributed by atoms with van der Waals surface area (Å²) in [6.45, 7) is 2.27. The maximum absolute atomic E-state index is 11.3. The summed E-state index contributed by atoms with van der Waals surface area (Å²) in [5.74, 6) is -0.0844. The number of hydrogen-bond acceptors (Lipinski definition) is 4. The number of benzene rings is 1. The van der Waals surface area contributed by atoms with Gasteiger partial charge in [-0.05, 0) is 19.1 Å². The Morgan fingerprint density at radius 3 is 2.73 bits per heavy atom. The largest absolute Gasteiger partial charge is 0.492 e. The van der Waals surface area contributed by atoms with E-state index >= 15 is 0 Å². The number of carbonyl (C=O) groups excluding carboxylic acids is 1. The molecule has 0 amide bonds.